The first-order valence-electron chi connectivity index (χ1n) is 6.23. The maximum atomic E-state index is 11.9. The molecule has 0 aliphatic carbocycles. The molecule has 0 heterocycles. The highest BCUT2D eigenvalue weighted by Gasteiger charge is 2.17. The molecule has 0 saturated heterocycles. The Balaban J connectivity index is 2.82. The molecule has 1 rings (SSSR count). The number of ether oxygens (including phenoxy) is 1. The molecule has 21 heavy (non-hydrogen) atoms. The maximum Gasteiger partial charge on any atom is 0.339 e. The molecular weight excluding hydrogens is 298 g/mol. The summed E-state index contributed by atoms with van der Waals surface area (Å²) >= 11 is 5.84. The molecule has 1 unspecified atom stereocenters. The van der Waals surface area contributed by atoms with E-state index in [0.29, 0.717) is 5.02 Å². The molecule has 6 nitrogen and oxygen atoms in total. The van der Waals surface area contributed by atoms with Crippen LogP contribution < -0.4 is 5.32 Å². The normalized spacial score (nSPS) is 11.6. The molecule has 7 heteroatoms. The minimum absolute atomic E-state index is 0.0272. The fraction of sp³-hybridized carbons (Fsp3) is 0.357. The van der Waals surface area contributed by atoms with Crippen molar-refractivity contribution < 1.29 is 24.2 Å². The molecule has 0 radical (unpaired) electrons. The third-order valence-electron chi connectivity index (χ3n) is 2.72. The van der Waals surface area contributed by atoms with Crippen molar-refractivity contribution in [2.75, 3.05) is 12.4 Å². The molecule has 0 fully saturated rings. The molecule has 114 valence electrons. The van der Waals surface area contributed by atoms with Crippen molar-refractivity contribution in [3.8, 4) is 0 Å². The lowest BCUT2D eigenvalue weighted by Crippen LogP contribution is -2.18. The van der Waals surface area contributed by atoms with Crippen LogP contribution in [0.4, 0.5) is 5.69 Å². The molecule has 0 aliphatic rings. The van der Waals surface area contributed by atoms with Crippen LogP contribution >= 0.6 is 11.6 Å². The molecule has 1 amide bonds. The highest BCUT2D eigenvalue weighted by atomic mass is 35.5. The van der Waals surface area contributed by atoms with Crippen molar-refractivity contribution in [1.82, 2.24) is 0 Å². The Bertz CT molecular complexity index is 558. The van der Waals surface area contributed by atoms with Gasteiger partial charge in [0.1, 0.15) is 0 Å². The summed E-state index contributed by atoms with van der Waals surface area (Å²) in [7, 11) is 1.23. The van der Waals surface area contributed by atoms with Crippen molar-refractivity contribution in [3.63, 3.8) is 0 Å². The van der Waals surface area contributed by atoms with E-state index >= 15 is 0 Å². The van der Waals surface area contributed by atoms with Crippen LogP contribution in [0, 0.1) is 5.92 Å². The molecule has 1 atom stereocenters. The maximum absolute atomic E-state index is 11.9. The number of anilines is 1. The van der Waals surface area contributed by atoms with E-state index in [0.717, 1.165) is 0 Å². The zero-order valence-corrected chi connectivity index (χ0v) is 12.4. The number of hydrogen-bond donors (Lipinski definition) is 2. The quantitative estimate of drug-likeness (QED) is 0.787. The summed E-state index contributed by atoms with van der Waals surface area (Å²) in [6, 6.07) is 4.40. The van der Waals surface area contributed by atoms with Crippen LogP contribution in [0.15, 0.2) is 18.2 Å². The summed E-state index contributed by atoms with van der Waals surface area (Å²) in [5.41, 5.74) is 0.419. The molecule has 0 spiro atoms. The molecule has 0 aromatic heterocycles. The van der Waals surface area contributed by atoms with Gasteiger partial charge in [0.2, 0.25) is 5.91 Å². The van der Waals surface area contributed by atoms with Gasteiger partial charge in [-0.15, -0.1) is 0 Å². The Morgan fingerprint density at radius 2 is 2.00 bits per heavy atom. The van der Waals surface area contributed by atoms with E-state index < -0.39 is 17.8 Å². The Morgan fingerprint density at radius 1 is 1.33 bits per heavy atom. The number of nitrogens with one attached hydrogen (secondary N) is 1. The summed E-state index contributed by atoms with van der Waals surface area (Å²) in [6.07, 6.45) is -0.0771. The van der Waals surface area contributed by atoms with Crippen LogP contribution in [0.1, 0.15) is 30.1 Å². The number of carbonyl (C=O) groups is 3. The van der Waals surface area contributed by atoms with Gasteiger partial charge in [0.25, 0.3) is 0 Å². The van der Waals surface area contributed by atoms with E-state index in [-0.39, 0.29) is 30.0 Å². The number of carboxylic acids is 1. The van der Waals surface area contributed by atoms with Crippen molar-refractivity contribution in [3.05, 3.63) is 28.8 Å². The second-order valence-corrected chi connectivity index (χ2v) is 5.07. The lowest BCUT2D eigenvalue weighted by atomic mass is 10.0. The van der Waals surface area contributed by atoms with Gasteiger partial charge in [-0.05, 0) is 24.1 Å². The fourth-order valence-corrected chi connectivity index (χ4v) is 1.97. The standard InChI is InChI=1S/C14H16ClNO5/c1-8(6-13(18)19)5-12(17)16-11-7-9(15)3-4-10(11)14(20)21-2/h3-4,7-8H,5-6H2,1-2H3,(H,16,17)(H,18,19). The van der Waals surface area contributed by atoms with Gasteiger partial charge in [-0.2, -0.15) is 0 Å². The highest BCUT2D eigenvalue weighted by molar-refractivity contribution is 6.31. The van der Waals surface area contributed by atoms with Gasteiger partial charge < -0.3 is 15.2 Å². The molecule has 0 bridgehead atoms. The second kappa shape index (κ2) is 7.64. The van der Waals surface area contributed by atoms with Crippen LogP contribution in [-0.4, -0.2) is 30.1 Å². The number of methoxy groups -OCH3 is 1. The monoisotopic (exact) mass is 313 g/mol. The zero-order chi connectivity index (χ0) is 16.0. The molecule has 0 aliphatic heterocycles. The van der Waals surface area contributed by atoms with Crippen molar-refractivity contribution in [2.24, 2.45) is 5.92 Å². The number of hydrogen-bond acceptors (Lipinski definition) is 4. The van der Waals surface area contributed by atoms with Gasteiger partial charge >= 0.3 is 11.9 Å². The van der Waals surface area contributed by atoms with Crippen molar-refractivity contribution >= 4 is 35.1 Å². The van der Waals surface area contributed by atoms with Crippen LogP contribution in [0.2, 0.25) is 5.02 Å². The molecule has 2 N–H and O–H groups in total. The van der Waals surface area contributed by atoms with E-state index in [1.165, 1.54) is 25.3 Å². The van der Waals surface area contributed by atoms with Gasteiger partial charge in [-0.1, -0.05) is 18.5 Å². The minimum atomic E-state index is -0.965. The molecule has 0 saturated carbocycles. The van der Waals surface area contributed by atoms with Gasteiger partial charge in [-0.25, -0.2) is 4.79 Å². The number of rotatable bonds is 6. The number of carboxylic acid groups (broad SMARTS) is 1. The lowest BCUT2D eigenvalue weighted by molar-refractivity contribution is -0.138. The molecular formula is C14H16ClNO5. The number of benzene rings is 1. The van der Waals surface area contributed by atoms with E-state index in [4.69, 9.17) is 16.7 Å². The summed E-state index contributed by atoms with van der Waals surface area (Å²) in [5.74, 6) is -2.27. The number of amides is 1. The van der Waals surface area contributed by atoms with Gasteiger partial charge in [0.15, 0.2) is 0 Å². The van der Waals surface area contributed by atoms with Gasteiger partial charge in [0.05, 0.1) is 18.4 Å². The lowest BCUT2D eigenvalue weighted by Gasteiger charge is -2.12. The van der Waals surface area contributed by atoms with E-state index in [9.17, 15) is 14.4 Å². The third kappa shape index (κ3) is 5.43. The highest BCUT2D eigenvalue weighted by Crippen LogP contribution is 2.22. The Hall–Kier alpha value is -2.08. The zero-order valence-electron chi connectivity index (χ0n) is 11.7. The first kappa shape index (κ1) is 17.0. The first-order chi connectivity index (χ1) is 9.83. The van der Waals surface area contributed by atoms with Crippen LogP contribution in [0.5, 0.6) is 0 Å². The van der Waals surface area contributed by atoms with E-state index in [1.807, 2.05) is 0 Å². The smallest absolute Gasteiger partial charge is 0.339 e. The number of aliphatic carboxylic acids is 1. The summed E-state index contributed by atoms with van der Waals surface area (Å²) in [6.45, 7) is 1.66. The summed E-state index contributed by atoms with van der Waals surface area (Å²) in [5, 5.41) is 11.6. The minimum Gasteiger partial charge on any atom is -0.481 e. The molecule has 1 aromatic rings. The topological polar surface area (TPSA) is 92.7 Å². The van der Waals surface area contributed by atoms with Gasteiger partial charge in [-0.3, -0.25) is 9.59 Å². The van der Waals surface area contributed by atoms with Gasteiger partial charge in [0, 0.05) is 17.9 Å². The predicted octanol–water partition coefficient (Wildman–Crippen LogP) is 2.57. The van der Waals surface area contributed by atoms with Crippen LogP contribution in [0.3, 0.4) is 0 Å². The van der Waals surface area contributed by atoms with E-state index in [2.05, 4.69) is 10.1 Å². The Kier molecular flexibility index (Phi) is 6.17. The average molecular weight is 314 g/mol. The summed E-state index contributed by atoms with van der Waals surface area (Å²) < 4.78 is 4.62. The second-order valence-electron chi connectivity index (χ2n) is 4.64. The predicted molar refractivity (Wildman–Crippen MR) is 77.5 cm³/mol. The SMILES string of the molecule is COC(=O)c1ccc(Cl)cc1NC(=O)CC(C)CC(=O)O. The largest absolute Gasteiger partial charge is 0.481 e. The molecule has 1 aromatic carbocycles. The van der Waals surface area contributed by atoms with E-state index in [1.54, 1.807) is 6.92 Å². The number of carbonyl (C=O) groups excluding carboxylic acids is 2. The Labute approximate surface area is 127 Å². The fourth-order valence-electron chi connectivity index (χ4n) is 1.80. The third-order valence-corrected chi connectivity index (χ3v) is 2.95. The Morgan fingerprint density at radius 3 is 2.57 bits per heavy atom. The summed E-state index contributed by atoms with van der Waals surface area (Å²) in [4.78, 5) is 34.0. The van der Waals surface area contributed by atoms with Crippen molar-refractivity contribution in [2.45, 2.75) is 19.8 Å². The number of esters is 1. The van der Waals surface area contributed by atoms with Crippen LogP contribution in [-0.2, 0) is 14.3 Å². The van der Waals surface area contributed by atoms with Crippen LogP contribution in [0.25, 0.3) is 0 Å². The number of halogens is 1. The van der Waals surface area contributed by atoms with Crippen molar-refractivity contribution in [1.29, 1.82) is 0 Å². The first-order valence-corrected chi connectivity index (χ1v) is 6.60. The average Bonchev–Trinajstić information content (AvgIpc) is 2.36.